The lowest BCUT2D eigenvalue weighted by Gasteiger charge is -2.03. The predicted octanol–water partition coefficient (Wildman–Crippen LogP) is 2.70. The fraction of sp³-hybridized carbons (Fsp3) is 0.250. The first kappa shape index (κ1) is 9.77. The topological polar surface area (TPSA) is 31.2 Å². The van der Waals surface area contributed by atoms with E-state index in [1.54, 1.807) is 17.7 Å². The van der Waals surface area contributed by atoms with Crippen molar-refractivity contribution in [2.24, 2.45) is 0 Å². The Morgan fingerprint density at radius 1 is 1.40 bits per heavy atom. The molecule has 0 amide bonds. The van der Waals surface area contributed by atoms with Gasteiger partial charge in [-0.25, -0.2) is 0 Å². The summed E-state index contributed by atoms with van der Waals surface area (Å²) in [5.74, 6) is 0.862. The number of carbonyl (C=O) groups is 1. The summed E-state index contributed by atoms with van der Waals surface area (Å²) in [5, 5.41) is 1.02. The third kappa shape index (κ3) is 1.73. The summed E-state index contributed by atoms with van der Waals surface area (Å²) < 4.78 is 7.02. The molecule has 0 fully saturated rings. The highest BCUT2D eigenvalue weighted by Crippen LogP contribution is 2.21. The number of ether oxygens (including phenoxy) is 1. The minimum absolute atomic E-state index is 0.0224. The Balaban J connectivity index is 2.51. The van der Waals surface area contributed by atoms with Gasteiger partial charge in [0.15, 0.2) is 0 Å². The van der Waals surface area contributed by atoms with Crippen LogP contribution in [0, 0.1) is 0 Å². The zero-order valence-electron chi connectivity index (χ0n) is 8.86. The molecule has 0 aliphatic rings. The number of hydrogen-bond acceptors (Lipinski definition) is 2. The molecular weight excluding hydrogens is 190 g/mol. The summed E-state index contributed by atoms with van der Waals surface area (Å²) in [5.41, 5.74) is 0.922. The molecule has 1 heterocycles. The second-order valence-electron chi connectivity index (χ2n) is 3.36. The van der Waals surface area contributed by atoms with E-state index in [9.17, 15) is 4.79 Å². The summed E-state index contributed by atoms with van der Waals surface area (Å²) in [6, 6.07) is 7.64. The molecule has 0 bridgehead atoms. The maximum absolute atomic E-state index is 11.3. The van der Waals surface area contributed by atoms with E-state index in [2.05, 4.69) is 0 Å². The van der Waals surface area contributed by atoms with E-state index in [-0.39, 0.29) is 5.91 Å². The molecule has 0 aliphatic heterocycles. The predicted molar refractivity (Wildman–Crippen MR) is 59.4 cm³/mol. The highest BCUT2D eigenvalue weighted by molar-refractivity contribution is 5.92. The summed E-state index contributed by atoms with van der Waals surface area (Å²) >= 11 is 0. The van der Waals surface area contributed by atoms with Crippen LogP contribution in [-0.4, -0.2) is 17.1 Å². The third-order valence-electron chi connectivity index (χ3n) is 2.31. The Labute approximate surface area is 88.3 Å². The molecule has 3 nitrogen and oxygen atoms in total. The molecule has 78 valence electrons. The van der Waals surface area contributed by atoms with Gasteiger partial charge >= 0.3 is 0 Å². The molecule has 1 aromatic carbocycles. The Kier molecular flexibility index (Phi) is 2.46. The Morgan fingerprint density at radius 3 is 2.87 bits per heavy atom. The summed E-state index contributed by atoms with van der Waals surface area (Å²) in [6.07, 6.45) is 1.78. The minimum atomic E-state index is 0.0224. The van der Waals surface area contributed by atoms with Crippen LogP contribution in [0.3, 0.4) is 0 Å². The number of rotatable bonds is 2. The van der Waals surface area contributed by atoms with Crippen LogP contribution in [0.15, 0.2) is 30.5 Å². The first-order chi connectivity index (χ1) is 7.22. The lowest BCUT2D eigenvalue weighted by molar-refractivity contribution is 0.0941. The van der Waals surface area contributed by atoms with Gasteiger partial charge in [0.1, 0.15) is 5.75 Å². The van der Waals surface area contributed by atoms with E-state index in [0.717, 1.165) is 16.7 Å². The van der Waals surface area contributed by atoms with Crippen molar-refractivity contribution in [2.45, 2.75) is 13.8 Å². The second kappa shape index (κ2) is 3.77. The Hall–Kier alpha value is -1.77. The van der Waals surface area contributed by atoms with Gasteiger partial charge in [-0.3, -0.25) is 9.36 Å². The van der Waals surface area contributed by atoms with Gasteiger partial charge in [0.05, 0.1) is 12.1 Å². The summed E-state index contributed by atoms with van der Waals surface area (Å²) in [4.78, 5) is 11.3. The van der Waals surface area contributed by atoms with Gasteiger partial charge in [-0.15, -0.1) is 0 Å². The average molecular weight is 203 g/mol. The van der Waals surface area contributed by atoms with Gasteiger partial charge in [-0.1, -0.05) is 0 Å². The fourth-order valence-corrected chi connectivity index (χ4v) is 1.65. The number of hydrogen-bond donors (Lipinski definition) is 0. The van der Waals surface area contributed by atoms with Crippen LogP contribution in [0.5, 0.6) is 5.75 Å². The van der Waals surface area contributed by atoms with E-state index < -0.39 is 0 Å². The van der Waals surface area contributed by atoms with E-state index in [1.807, 2.05) is 31.2 Å². The number of benzene rings is 1. The maximum atomic E-state index is 11.3. The number of aromatic nitrogens is 1. The molecule has 1 aromatic heterocycles. The summed E-state index contributed by atoms with van der Waals surface area (Å²) in [7, 11) is 0. The molecule has 0 radical (unpaired) electrons. The van der Waals surface area contributed by atoms with Gasteiger partial charge in [-0.2, -0.15) is 0 Å². The van der Waals surface area contributed by atoms with Crippen molar-refractivity contribution in [3.63, 3.8) is 0 Å². The van der Waals surface area contributed by atoms with Crippen molar-refractivity contribution >= 4 is 16.8 Å². The van der Waals surface area contributed by atoms with Crippen molar-refractivity contribution in [3.05, 3.63) is 30.5 Å². The van der Waals surface area contributed by atoms with Gasteiger partial charge < -0.3 is 4.74 Å². The lowest BCUT2D eigenvalue weighted by atomic mass is 10.2. The smallest absolute Gasteiger partial charge is 0.227 e. The van der Waals surface area contributed by atoms with E-state index >= 15 is 0 Å². The van der Waals surface area contributed by atoms with E-state index in [0.29, 0.717) is 6.61 Å². The minimum Gasteiger partial charge on any atom is -0.494 e. The van der Waals surface area contributed by atoms with E-state index in [4.69, 9.17) is 4.74 Å². The standard InChI is InChI=1S/C12H13NO2/c1-3-15-11-4-5-12-10(8-11)6-7-13(12)9(2)14/h4-8H,3H2,1-2H3. The van der Waals surface area contributed by atoms with Gasteiger partial charge in [0.2, 0.25) is 5.91 Å². The zero-order chi connectivity index (χ0) is 10.8. The monoisotopic (exact) mass is 203 g/mol. The van der Waals surface area contributed by atoms with Crippen LogP contribution in [0.2, 0.25) is 0 Å². The van der Waals surface area contributed by atoms with Crippen molar-refractivity contribution in [3.8, 4) is 5.75 Å². The van der Waals surface area contributed by atoms with E-state index in [1.165, 1.54) is 0 Å². The maximum Gasteiger partial charge on any atom is 0.227 e. The first-order valence-corrected chi connectivity index (χ1v) is 4.97. The van der Waals surface area contributed by atoms with Gasteiger partial charge in [-0.05, 0) is 31.2 Å². The molecule has 0 spiro atoms. The van der Waals surface area contributed by atoms with Crippen molar-refractivity contribution in [1.29, 1.82) is 0 Å². The molecule has 0 N–H and O–H groups in total. The second-order valence-corrected chi connectivity index (χ2v) is 3.36. The van der Waals surface area contributed by atoms with Crippen LogP contribution in [0.4, 0.5) is 0 Å². The molecular formula is C12H13NO2. The third-order valence-corrected chi connectivity index (χ3v) is 2.31. The molecule has 0 atom stereocenters. The lowest BCUT2D eigenvalue weighted by Crippen LogP contribution is -2.02. The number of carbonyl (C=O) groups excluding carboxylic acids is 1. The Bertz CT molecular complexity index is 499. The van der Waals surface area contributed by atoms with Crippen molar-refractivity contribution in [2.75, 3.05) is 6.61 Å². The number of fused-ring (bicyclic) bond motifs is 1. The number of nitrogens with zero attached hydrogens (tertiary/aromatic N) is 1. The molecule has 0 aliphatic carbocycles. The van der Waals surface area contributed by atoms with Gasteiger partial charge in [0.25, 0.3) is 0 Å². The van der Waals surface area contributed by atoms with Gasteiger partial charge in [0, 0.05) is 18.5 Å². The molecule has 2 aromatic rings. The highest BCUT2D eigenvalue weighted by atomic mass is 16.5. The molecule has 0 unspecified atom stereocenters. The molecule has 15 heavy (non-hydrogen) atoms. The van der Waals surface area contributed by atoms with Crippen LogP contribution < -0.4 is 4.74 Å². The quantitative estimate of drug-likeness (QED) is 0.751. The van der Waals surface area contributed by atoms with Crippen LogP contribution in [0.1, 0.15) is 18.6 Å². The Morgan fingerprint density at radius 2 is 2.20 bits per heavy atom. The molecule has 2 rings (SSSR count). The summed E-state index contributed by atoms with van der Waals surface area (Å²) in [6.45, 7) is 4.15. The average Bonchev–Trinajstić information content (AvgIpc) is 2.61. The SMILES string of the molecule is CCOc1ccc2c(ccn2C(C)=O)c1. The first-order valence-electron chi connectivity index (χ1n) is 4.97. The van der Waals surface area contributed by atoms with Crippen molar-refractivity contribution < 1.29 is 9.53 Å². The normalized spacial score (nSPS) is 10.5. The van der Waals surface area contributed by atoms with Crippen LogP contribution in [-0.2, 0) is 0 Å². The highest BCUT2D eigenvalue weighted by Gasteiger charge is 2.04. The fourth-order valence-electron chi connectivity index (χ4n) is 1.65. The largest absolute Gasteiger partial charge is 0.494 e. The van der Waals surface area contributed by atoms with Crippen LogP contribution in [0.25, 0.3) is 10.9 Å². The van der Waals surface area contributed by atoms with Crippen molar-refractivity contribution in [1.82, 2.24) is 4.57 Å². The zero-order valence-corrected chi connectivity index (χ0v) is 8.86. The molecule has 3 heteroatoms. The van der Waals surface area contributed by atoms with Crippen LogP contribution >= 0.6 is 0 Å². The molecule has 0 saturated carbocycles. The molecule has 0 saturated heterocycles.